The van der Waals surface area contributed by atoms with Crippen LogP contribution >= 0.6 is 0 Å². The van der Waals surface area contributed by atoms with Crippen molar-refractivity contribution < 1.29 is 19.4 Å². The summed E-state index contributed by atoms with van der Waals surface area (Å²) >= 11 is 0. The van der Waals surface area contributed by atoms with Crippen LogP contribution in [0.5, 0.6) is 0 Å². The summed E-state index contributed by atoms with van der Waals surface area (Å²) in [5.41, 5.74) is 1.64. The number of anilines is 1. The summed E-state index contributed by atoms with van der Waals surface area (Å²) < 4.78 is 5.50. The number of carbonyl (C=O) groups excluding carboxylic acids is 1. The summed E-state index contributed by atoms with van der Waals surface area (Å²) in [6.45, 7) is 1.89. The fraction of sp³-hybridized carbons (Fsp3) is 0.333. The molecule has 0 saturated carbocycles. The lowest BCUT2D eigenvalue weighted by molar-refractivity contribution is -0.145. The third kappa shape index (κ3) is 2.00. The number of hydrogen-bond donors (Lipinski definition) is 2. The van der Waals surface area contributed by atoms with Gasteiger partial charge in [-0.25, -0.2) is 0 Å². The zero-order chi connectivity index (χ0) is 14.3. The molecule has 2 aliphatic heterocycles. The lowest BCUT2D eigenvalue weighted by atomic mass is 9.82. The maximum atomic E-state index is 12.4. The number of aryl methyl sites for hydroxylation is 1. The number of rotatable bonds is 3. The Morgan fingerprint density at radius 3 is 2.45 bits per heavy atom. The summed E-state index contributed by atoms with van der Waals surface area (Å²) in [5.74, 6) is -2.79. The first-order valence-electron chi connectivity index (χ1n) is 6.51. The molecule has 5 nitrogen and oxygen atoms in total. The van der Waals surface area contributed by atoms with E-state index in [1.54, 1.807) is 18.2 Å². The Morgan fingerprint density at radius 2 is 1.80 bits per heavy atom. The van der Waals surface area contributed by atoms with E-state index >= 15 is 0 Å². The summed E-state index contributed by atoms with van der Waals surface area (Å²) in [6, 6.07) is 7.40. The molecule has 2 bridgehead atoms. The number of benzene rings is 1. The molecule has 0 spiro atoms. The van der Waals surface area contributed by atoms with Crippen molar-refractivity contribution in [3.05, 3.63) is 42.0 Å². The van der Waals surface area contributed by atoms with Crippen LogP contribution in [0.15, 0.2) is 36.4 Å². The van der Waals surface area contributed by atoms with Crippen LogP contribution in [-0.2, 0) is 14.3 Å². The summed E-state index contributed by atoms with van der Waals surface area (Å²) in [7, 11) is 0. The molecule has 1 aromatic rings. The number of para-hydroxylation sites is 1. The first-order chi connectivity index (χ1) is 9.58. The van der Waals surface area contributed by atoms with E-state index < -0.39 is 30.0 Å². The van der Waals surface area contributed by atoms with Crippen LogP contribution in [0.3, 0.4) is 0 Å². The van der Waals surface area contributed by atoms with Crippen LogP contribution in [0.25, 0.3) is 0 Å². The number of hydrogen-bond acceptors (Lipinski definition) is 3. The highest BCUT2D eigenvalue weighted by Gasteiger charge is 2.53. The molecule has 2 N–H and O–H groups in total. The van der Waals surface area contributed by atoms with E-state index in [-0.39, 0.29) is 5.91 Å². The number of ether oxygens (including phenoxy) is 1. The molecule has 0 unspecified atom stereocenters. The summed E-state index contributed by atoms with van der Waals surface area (Å²) in [5, 5.41) is 12.1. The fourth-order valence-electron chi connectivity index (χ4n) is 2.84. The van der Waals surface area contributed by atoms with E-state index in [9.17, 15) is 14.7 Å². The monoisotopic (exact) mass is 273 g/mol. The van der Waals surface area contributed by atoms with Gasteiger partial charge in [-0.15, -0.1) is 0 Å². The molecule has 2 aliphatic rings. The van der Waals surface area contributed by atoms with Gasteiger partial charge in [-0.1, -0.05) is 30.4 Å². The van der Waals surface area contributed by atoms with Crippen molar-refractivity contribution in [3.8, 4) is 0 Å². The van der Waals surface area contributed by atoms with Crippen molar-refractivity contribution in [2.24, 2.45) is 11.8 Å². The summed E-state index contributed by atoms with van der Waals surface area (Å²) in [6.07, 6.45) is 2.56. The van der Waals surface area contributed by atoms with E-state index in [4.69, 9.17) is 4.74 Å². The lowest BCUT2D eigenvalue weighted by Gasteiger charge is -2.21. The van der Waals surface area contributed by atoms with Crippen LogP contribution in [0.1, 0.15) is 5.56 Å². The van der Waals surface area contributed by atoms with Gasteiger partial charge in [0.25, 0.3) is 0 Å². The number of amides is 1. The second-order valence-corrected chi connectivity index (χ2v) is 5.14. The molecule has 5 heteroatoms. The second kappa shape index (κ2) is 4.76. The van der Waals surface area contributed by atoms with Gasteiger partial charge < -0.3 is 15.2 Å². The van der Waals surface area contributed by atoms with Gasteiger partial charge in [-0.05, 0) is 18.6 Å². The molecule has 0 aromatic heterocycles. The highest BCUT2D eigenvalue weighted by molar-refractivity contribution is 5.97. The number of carbonyl (C=O) groups is 2. The van der Waals surface area contributed by atoms with Crippen LogP contribution in [0.4, 0.5) is 5.69 Å². The molecular weight excluding hydrogens is 258 g/mol. The minimum atomic E-state index is -0.994. The van der Waals surface area contributed by atoms with Crippen molar-refractivity contribution >= 4 is 17.6 Å². The Balaban J connectivity index is 1.82. The van der Waals surface area contributed by atoms with E-state index in [0.717, 1.165) is 5.56 Å². The van der Waals surface area contributed by atoms with Gasteiger partial charge >= 0.3 is 5.97 Å². The molecule has 0 aliphatic carbocycles. The number of fused-ring (bicyclic) bond motifs is 2. The molecule has 1 amide bonds. The van der Waals surface area contributed by atoms with E-state index in [1.807, 2.05) is 25.1 Å². The van der Waals surface area contributed by atoms with Crippen molar-refractivity contribution in [2.45, 2.75) is 19.1 Å². The lowest BCUT2D eigenvalue weighted by Crippen LogP contribution is -2.39. The maximum Gasteiger partial charge on any atom is 0.310 e. The van der Waals surface area contributed by atoms with Crippen molar-refractivity contribution in [3.63, 3.8) is 0 Å². The Morgan fingerprint density at radius 1 is 1.15 bits per heavy atom. The van der Waals surface area contributed by atoms with Crippen LogP contribution < -0.4 is 5.32 Å². The smallest absolute Gasteiger partial charge is 0.310 e. The largest absolute Gasteiger partial charge is 0.481 e. The predicted molar refractivity (Wildman–Crippen MR) is 72.2 cm³/mol. The zero-order valence-corrected chi connectivity index (χ0v) is 10.9. The minimum absolute atomic E-state index is 0.302. The molecule has 20 heavy (non-hydrogen) atoms. The third-order valence-corrected chi connectivity index (χ3v) is 3.89. The quantitative estimate of drug-likeness (QED) is 0.820. The average molecular weight is 273 g/mol. The van der Waals surface area contributed by atoms with Gasteiger partial charge in [0.05, 0.1) is 18.1 Å². The van der Waals surface area contributed by atoms with Crippen molar-refractivity contribution in [1.82, 2.24) is 0 Å². The van der Waals surface area contributed by atoms with Gasteiger partial charge in [0.15, 0.2) is 0 Å². The topological polar surface area (TPSA) is 75.6 Å². The Kier molecular flexibility index (Phi) is 3.06. The van der Waals surface area contributed by atoms with Gasteiger partial charge in [-0.2, -0.15) is 0 Å². The number of aliphatic carboxylic acids is 1. The standard InChI is InChI=1S/C15H15NO4/c1-8-4-2-3-5-9(8)16-14(17)12-10-6-7-11(20-10)13(12)15(18)19/h2-7,10-13H,1H3,(H,16,17)(H,18,19)/t10-,11+,12+,13-/m0/s1. The molecular formula is C15H15NO4. The van der Waals surface area contributed by atoms with Gasteiger partial charge in [0, 0.05) is 5.69 Å². The Bertz CT molecular complexity index is 595. The van der Waals surface area contributed by atoms with E-state index in [0.29, 0.717) is 5.69 Å². The SMILES string of the molecule is Cc1ccccc1NC(=O)[C@H]1[C@@H](C(=O)O)[C@H]2C=C[C@@H]1O2. The van der Waals surface area contributed by atoms with Crippen LogP contribution in [0, 0.1) is 18.8 Å². The normalized spacial score (nSPS) is 30.4. The average Bonchev–Trinajstić information content (AvgIpc) is 3.01. The van der Waals surface area contributed by atoms with Crippen LogP contribution in [-0.4, -0.2) is 29.2 Å². The molecule has 0 radical (unpaired) electrons. The second-order valence-electron chi connectivity index (χ2n) is 5.14. The number of nitrogens with one attached hydrogen (secondary N) is 1. The van der Waals surface area contributed by atoms with E-state index in [2.05, 4.69) is 5.32 Å². The van der Waals surface area contributed by atoms with Gasteiger partial charge in [0.2, 0.25) is 5.91 Å². The molecule has 4 atom stereocenters. The predicted octanol–water partition coefficient (Wildman–Crippen LogP) is 1.59. The Hall–Kier alpha value is -2.14. The molecule has 2 heterocycles. The first-order valence-corrected chi connectivity index (χ1v) is 6.51. The third-order valence-electron chi connectivity index (χ3n) is 3.89. The first kappa shape index (κ1) is 12.9. The minimum Gasteiger partial charge on any atom is -0.481 e. The molecule has 1 saturated heterocycles. The van der Waals surface area contributed by atoms with Gasteiger partial charge in [0.1, 0.15) is 5.92 Å². The van der Waals surface area contributed by atoms with Gasteiger partial charge in [-0.3, -0.25) is 9.59 Å². The fourth-order valence-corrected chi connectivity index (χ4v) is 2.84. The molecule has 1 fully saturated rings. The maximum absolute atomic E-state index is 12.4. The highest BCUT2D eigenvalue weighted by Crippen LogP contribution is 2.39. The summed E-state index contributed by atoms with van der Waals surface area (Å²) in [4.78, 5) is 23.7. The van der Waals surface area contributed by atoms with E-state index in [1.165, 1.54) is 0 Å². The highest BCUT2D eigenvalue weighted by atomic mass is 16.5. The Labute approximate surface area is 116 Å². The van der Waals surface area contributed by atoms with Crippen molar-refractivity contribution in [2.75, 3.05) is 5.32 Å². The molecule has 3 rings (SSSR count). The molecule has 1 aromatic carbocycles. The zero-order valence-electron chi connectivity index (χ0n) is 10.9. The van der Waals surface area contributed by atoms with Crippen molar-refractivity contribution in [1.29, 1.82) is 0 Å². The number of carboxylic acid groups (broad SMARTS) is 1. The van der Waals surface area contributed by atoms with Crippen LogP contribution in [0.2, 0.25) is 0 Å². The number of carboxylic acids is 1. The molecule has 104 valence electrons.